The molecule has 2 rings (SSSR count). The van der Waals surface area contributed by atoms with Crippen molar-refractivity contribution in [2.45, 2.75) is 52.6 Å². The topological polar surface area (TPSA) is 40.5 Å². The number of hydrogen-bond donors (Lipinski definition) is 1. The minimum Gasteiger partial charge on any atom is -0.388 e. The number of nitrogens with zero attached hydrogens (tertiary/aromatic N) is 1. The molecule has 1 amide bonds. The largest absolute Gasteiger partial charge is 0.388 e. The Morgan fingerprint density at radius 2 is 1.75 bits per heavy atom. The lowest BCUT2D eigenvalue weighted by molar-refractivity contribution is 0.0766. The predicted octanol–water partition coefficient (Wildman–Crippen LogP) is 4.94. The number of rotatable bonds is 8. The summed E-state index contributed by atoms with van der Waals surface area (Å²) in [5.41, 5.74) is 1.43. The monoisotopic (exact) mass is 327 g/mol. The molecular weight excluding hydrogens is 298 g/mol. The molecule has 1 atom stereocenters. The van der Waals surface area contributed by atoms with Crippen molar-refractivity contribution >= 4 is 16.7 Å². The fraction of sp³-hybridized carbons (Fsp3) is 0.476. The number of aliphatic hydroxyl groups is 1. The van der Waals surface area contributed by atoms with Gasteiger partial charge in [0.05, 0.1) is 11.7 Å². The second-order valence-corrected chi connectivity index (χ2v) is 6.24. The zero-order valence-corrected chi connectivity index (χ0v) is 15.1. The van der Waals surface area contributed by atoms with Crippen LogP contribution in [0.2, 0.25) is 0 Å². The van der Waals surface area contributed by atoms with Crippen LogP contribution in [0.5, 0.6) is 0 Å². The van der Waals surface area contributed by atoms with Crippen molar-refractivity contribution in [2.24, 2.45) is 0 Å². The number of carbonyl (C=O) groups is 1. The molecule has 130 valence electrons. The van der Waals surface area contributed by atoms with E-state index in [4.69, 9.17) is 0 Å². The molecule has 0 fully saturated rings. The van der Waals surface area contributed by atoms with Crippen molar-refractivity contribution in [1.82, 2.24) is 4.90 Å². The van der Waals surface area contributed by atoms with Gasteiger partial charge in [-0.2, -0.15) is 0 Å². The van der Waals surface area contributed by atoms with Gasteiger partial charge in [-0.1, -0.05) is 62.6 Å². The van der Waals surface area contributed by atoms with Crippen LogP contribution in [0.15, 0.2) is 36.4 Å². The summed E-state index contributed by atoms with van der Waals surface area (Å²) in [4.78, 5) is 14.9. The molecule has 0 saturated heterocycles. The van der Waals surface area contributed by atoms with E-state index in [1.54, 1.807) is 0 Å². The van der Waals surface area contributed by atoms with Crippen LogP contribution in [0.3, 0.4) is 0 Å². The van der Waals surface area contributed by atoms with Crippen LogP contribution >= 0.6 is 0 Å². The molecule has 0 aromatic heterocycles. The Kier molecular flexibility index (Phi) is 6.80. The van der Waals surface area contributed by atoms with Gasteiger partial charge in [0.25, 0.3) is 5.91 Å². The third-order valence-electron chi connectivity index (χ3n) is 4.67. The van der Waals surface area contributed by atoms with E-state index >= 15 is 0 Å². The second-order valence-electron chi connectivity index (χ2n) is 6.24. The van der Waals surface area contributed by atoms with Gasteiger partial charge in [0.1, 0.15) is 0 Å². The van der Waals surface area contributed by atoms with Crippen molar-refractivity contribution in [2.75, 3.05) is 13.1 Å². The molecule has 2 aromatic rings. The summed E-state index contributed by atoms with van der Waals surface area (Å²) in [7, 11) is 0. The maximum atomic E-state index is 13.1. The molecule has 3 nitrogen and oxygen atoms in total. The Balaban J connectivity index is 2.50. The highest BCUT2D eigenvalue weighted by atomic mass is 16.3. The van der Waals surface area contributed by atoms with Gasteiger partial charge in [0, 0.05) is 13.1 Å². The maximum absolute atomic E-state index is 13.1. The highest BCUT2D eigenvalue weighted by molar-refractivity contribution is 6.08. The molecule has 0 spiro atoms. The third-order valence-corrected chi connectivity index (χ3v) is 4.67. The zero-order valence-electron chi connectivity index (χ0n) is 15.1. The highest BCUT2D eigenvalue weighted by Gasteiger charge is 2.23. The summed E-state index contributed by atoms with van der Waals surface area (Å²) in [6.07, 6.45) is 3.31. The summed E-state index contributed by atoms with van der Waals surface area (Å²) in [5, 5.41) is 12.7. The van der Waals surface area contributed by atoms with Crippen LogP contribution < -0.4 is 0 Å². The standard InChI is InChI=1S/C21H29NO2/c1-4-7-8-13-19(23)18-15-14-16-11-9-10-12-17(16)20(18)21(24)22(5-2)6-3/h9-12,14-15,19,23H,4-8,13H2,1-3H3/t19-/m0/s1. The van der Waals surface area contributed by atoms with E-state index in [2.05, 4.69) is 6.92 Å². The number of benzene rings is 2. The van der Waals surface area contributed by atoms with Crippen molar-refractivity contribution in [1.29, 1.82) is 0 Å². The Labute approximate surface area is 145 Å². The maximum Gasteiger partial charge on any atom is 0.254 e. The van der Waals surface area contributed by atoms with Crippen molar-refractivity contribution in [3.63, 3.8) is 0 Å². The molecule has 0 saturated carbocycles. The van der Waals surface area contributed by atoms with Gasteiger partial charge < -0.3 is 10.0 Å². The van der Waals surface area contributed by atoms with E-state index in [9.17, 15) is 9.90 Å². The summed E-state index contributed by atoms with van der Waals surface area (Å²) in [6, 6.07) is 11.9. The molecule has 2 aromatic carbocycles. The molecule has 1 N–H and O–H groups in total. The quantitative estimate of drug-likeness (QED) is 0.698. The first-order valence-corrected chi connectivity index (χ1v) is 9.12. The van der Waals surface area contributed by atoms with Crippen LogP contribution in [0.4, 0.5) is 0 Å². The predicted molar refractivity (Wildman–Crippen MR) is 100 cm³/mol. The Hall–Kier alpha value is -1.87. The van der Waals surface area contributed by atoms with Gasteiger partial charge >= 0.3 is 0 Å². The lowest BCUT2D eigenvalue weighted by atomic mass is 9.92. The Morgan fingerprint density at radius 1 is 1.04 bits per heavy atom. The van der Waals surface area contributed by atoms with Gasteiger partial charge in [-0.05, 0) is 36.6 Å². The number of carbonyl (C=O) groups excluding carboxylic acids is 1. The fourth-order valence-corrected chi connectivity index (χ4v) is 3.22. The van der Waals surface area contributed by atoms with Crippen LogP contribution in [-0.4, -0.2) is 29.0 Å². The molecule has 0 aliphatic carbocycles. The summed E-state index contributed by atoms with van der Waals surface area (Å²) in [5.74, 6) is 0.0151. The van der Waals surface area contributed by atoms with Crippen LogP contribution in [-0.2, 0) is 0 Å². The van der Waals surface area contributed by atoms with Gasteiger partial charge in [0.2, 0.25) is 0 Å². The molecule has 3 heteroatoms. The van der Waals surface area contributed by atoms with Crippen LogP contribution in [0.1, 0.15) is 68.5 Å². The van der Waals surface area contributed by atoms with Gasteiger partial charge in [-0.15, -0.1) is 0 Å². The van der Waals surface area contributed by atoms with Crippen molar-refractivity contribution in [3.05, 3.63) is 47.5 Å². The first kappa shape index (κ1) is 18.5. The molecule has 0 bridgehead atoms. The van der Waals surface area contributed by atoms with Crippen molar-refractivity contribution < 1.29 is 9.90 Å². The van der Waals surface area contributed by atoms with Crippen LogP contribution in [0.25, 0.3) is 10.8 Å². The molecular formula is C21H29NO2. The van der Waals surface area contributed by atoms with E-state index in [1.165, 1.54) is 0 Å². The normalized spacial score (nSPS) is 12.3. The average Bonchev–Trinajstić information content (AvgIpc) is 2.61. The molecule has 24 heavy (non-hydrogen) atoms. The van der Waals surface area contributed by atoms with E-state index < -0.39 is 6.10 Å². The average molecular weight is 327 g/mol. The molecule has 0 heterocycles. The van der Waals surface area contributed by atoms with Crippen molar-refractivity contribution in [3.8, 4) is 0 Å². The third kappa shape index (κ3) is 3.96. The van der Waals surface area contributed by atoms with Gasteiger partial charge in [-0.3, -0.25) is 4.79 Å². The zero-order chi connectivity index (χ0) is 17.5. The molecule has 0 unspecified atom stereocenters. The molecule has 0 radical (unpaired) electrons. The molecule has 0 aliphatic heterocycles. The summed E-state index contributed by atoms with van der Waals surface area (Å²) >= 11 is 0. The van der Waals surface area contributed by atoms with E-state index in [0.29, 0.717) is 25.1 Å². The van der Waals surface area contributed by atoms with Gasteiger partial charge in [-0.25, -0.2) is 0 Å². The number of hydrogen-bond acceptors (Lipinski definition) is 2. The van der Waals surface area contributed by atoms with E-state index in [0.717, 1.165) is 35.6 Å². The first-order valence-electron chi connectivity index (χ1n) is 9.12. The number of unbranched alkanes of at least 4 members (excludes halogenated alkanes) is 2. The Morgan fingerprint density at radius 3 is 2.42 bits per heavy atom. The Bertz CT molecular complexity index is 677. The number of amides is 1. The summed E-state index contributed by atoms with van der Waals surface area (Å²) < 4.78 is 0. The highest BCUT2D eigenvalue weighted by Crippen LogP contribution is 2.30. The van der Waals surface area contributed by atoms with Gasteiger partial charge in [0.15, 0.2) is 0 Å². The lowest BCUT2D eigenvalue weighted by Crippen LogP contribution is -2.31. The van der Waals surface area contributed by atoms with E-state index in [1.807, 2.05) is 55.1 Å². The van der Waals surface area contributed by atoms with E-state index in [-0.39, 0.29) is 5.91 Å². The first-order chi connectivity index (χ1) is 11.6. The second kappa shape index (κ2) is 8.84. The van der Waals surface area contributed by atoms with Crippen LogP contribution in [0, 0.1) is 0 Å². The minimum atomic E-state index is -0.587. The summed E-state index contributed by atoms with van der Waals surface area (Å²) in [6.45, 7) is 7.47. The minimum absolute atomic E-state index is 0.0151. The fourth-order valence-electron chi connectivity index (χ4n) is 3.22. The lowest BCUT2D eigenvalue weighted by Gasteiger charge is -2.23. The smallest absolute Gasteiger partial charge is 0.254 e. The number of fused-ring (bicyclic) bond motifs is 1. The molecule has 0 aliphatic rings. The SMILES string of the molecule is CCCCC[C@H](O)c1ccc2ccccc2c1C(=O)N(CC)CC. The number of aliphatic hydroxyl groups excluding tert-OH is 1.